The minimum atomic E-state index is -0.209. The van der Waals surface area contributed by atoms with Crippen molar-refractivity contribution in [3.05, 3.63) is 35.6 Å². The lowest BCUT2D eigenvalue weighted by molar-refractivity contribution is -0.140. The van der Waals surface area contributed by atoms with Crippen molar-refractivity contribution < 1.29 is 9.18 Å². The molecular weight excluding hydrogens is 317 g/mol. The van der Waals surface area contributed by atoms with Crippen LogP contribution < -0.4 is 5.32 Å². The molecule has 2 unspecified atom stereocenters. The molecule has 1 aromatic rings. The highest BCUT2D eigenvalue weighted by Gasteiger charge is 2.33. The van der Waals surface area contributed by atoms with Gasteiger partial charge < -0.3 is 10.2 Å². The standard InChI is InChI=1S/C20H30FN3O/c1-22-13-17-5-4-12-24(15-17)20(25)19-6-2-3-11-23(19)14-16-7-9-18(21)10-8-16/h7-10,17,19,22H,2-6,11-15H2,1H3. The van der Waals surface area contributed by atoms with Crippen LogP contribution in [-0.4, -0.2) is 55.0 Å². The van der Waals surface area contributed by atoms with E-state index in [4.69, 9.17) is 0 Å². The number of benzene rings is 1. The number of hydrogen-bond acceptors (Lipinski definition) is 3. The van der Waals surface area contributed by atoms with E-state index in [9.17, 15) is 9.18 Å². The summed E-state index contributed by atoms with van der Waals surface area (Å²) in [7, 11) is 1.98. The van der Waals surface area contributed by atoms with Crippen LogP contribution in [0.3, 0.4) is 0 Å². The van der Waals surface area contributed by atoms with E-state index in [2.05, 4.69) is 15.1 Å². The first-order chi connectivity index (χ1) is 12.2. The maximum Gasteiger partial charge on any atom is 0.239 e. The van der Waals surface area contributed by atoms with Gasteiger partial charge in [0, 0.05) is 19.6 Å². The number of rotatable bonds is 5. The number of carbonyl (C=O) groups excluding carboxylic acids is 1. The zero-order valence-electron chi connectivity index (χ0n) is 15.2. The van der Waals surface area contributed by atoms with Crippen molar-refractivity contribution >= 4 is 5.91 Å². The van der Waals surface area contributed by atoms with E-state index < -0.39 is 0 Å². The second-order valence-electron chi connectivity index (χ2n) is 7.46. The van der Waals surface area contributed by atoms with Gasteiger partial charge in [0.1, 0.15) is 5.82 Å². The fraction of sp³-hybridized carbons (Fsp3) is 0.650. The second-order valence-corrected chi connectivity index (χ2v) is 7.46. The normalized spacial score (nSPS) is 25.1. The maximum absolute atomic E-state index is 13.2. The first-order valence-electron chi connectivity index (χ1n) is 9.59. The van der Waals surface area contributed by atoms with Gasteiger partial charge in [-0.15, -0.1) is 0 Å². The number of piperidine rings is 2. The highest BCUT2D eigenvalue weighted by Crippen LogP contribution is 2.24. The molecule has 0 saturated carbocycles. The van der Waals surface area contributed by atoms with Crippen LogP contribution in [0.2, 0.25) is 0 Å². The van der Waals surface area contributed by atoms with Gasteiger partial charge in [0.05, 0.1) is 6.04 Å². The van der Waals surface area contributed by atoms with E-state index in [1.165, 1.54) is 18.6 Å². The topological polar surface area (TPSA) is 35.6 Å². The molecular formula is C20H30FN3O. The fourth-order valence-corrected chi connectivity index (χ4v) is 4.22. The number of nitrogens with one attached hydrogen (secondary N) is 1. The predicted octanol–water partition coefficient (Wildman–Crippen LogP) is 2.64. The van der Waals surface area contributed by atoms with E-state index in [1.54, 1.807) is 0 Å². The van der Waals surface area contributed by atoms with Crippen LogP contribution in [0.4, 0.5) is 4.39 Å². The quantitative estimate of drug-likeness (QED) is 0.889. The molecule has 0 aromatic heterocycles. The number of halogens is 1. The highest BCUT2D eigenvalue weighted by atomic mass is 19.1. The van der Waals surface area contributed by atoms with Gasteiger partial charge in [-0.05, 0) is 69.4 Å². The number of nitrogens with zero attached hydrogens (tertiary/aromatic N) is 2. The number of likely N-dealkylation sites (tertiary alicyclic amines) is 2. The molecule has 0 spiro atoms. The van der Waals surface area contributed by atoms with E-state index in [-0.39, 0.29) is 11.9 Å². The Labute approximate surface area is 150 Å². The van der Waals surface area contributed by atoms with Crippen molar-refractivity contribution in [2.24, 2.45) is 5.92 Å². The first-order valence-corrected chi connectivity index (χ1v) is 9.59. The highest BCUT2D eigenvalue weighted by molar-refractivity contribution is 5.82. The molecule has 1 N–H and O–H groups in total. The summed E-state index contributed by atoms with van der Waals surface area (Å²) in [4.78, 5) is 17.5. The Morgan fingerprint density at radius 2 is 1.96 bits per heavy atom. The van der Waals surface area contributed by atoms with Crippen LogP contribution in [0.15, 0.2) is 24.3 Å². The Hall–Kier alpha value is -1.46. The lowest BCUT2D eigenvalue weighted by atomic mass is 9.95. The van der Waals surface area contributed by atoms with E-state index in [1.807, 2.05) is 19.2 Å². The van der Waals surface area contributed by atoms with E-state index >= 15 is 0 Å². The molecule has 1 aromatic carbocycles. The van der Waals surface area contributed by atoms with Gasteiger partial charge in [-0.1, -0.05) is 18.6 Å². The Balaban J connectivity index is 1.65. The summed E-state index contributed by atoms with van der Waals surface area (Å²) >= 11 is 0. The van der Waals surface area contributed by atoms with Gasteiger partial charge in [-0.25, -0.2) is 4.39 Å². The molecule has 2 fully saturated rings. The molecule has 1 amide bonds. The van der Waals surface area contributed by atoms with Gasteiger partial charge in [0.15, 0.2) is 0 Å². The van der Waals surface area contributed by atoms with Crippen LogP contribution in [-0.2, 0) is 11.3 Å². The molecule has 5 heteroatoms. The van der Waals surface area contributed by atoms with Crippen molar-refractivity contribution in [3.8, 4) is 0 Å². The van der Waals surface area contributed by atoms with Crippen molar-refractivity contribution in [1.82, 2.24) is 15.1 Å². The lowest BCUT2D eigenvalue weighted by Gasteiger charge is -2.40. The largest absolute Gasteiger partial charge is 0.341 e. The Morgan fingerprint density at radius 1 is 1.16 bits per heavy atom. The van der Waals surface area contributed by atoms with Crippen LogP contribution in [0.1, 0.15) is 37.7 Å². The van der Waals surface area contributed by atoms with Crippen molar-refractivity contribution in [1.29, 1.82) is 0 Å². The van der Waals surface area contributed by atoms with Crippen LogP contribution in [0.25, 0.3) is 0 Å². The summed E-state index contributed by atoms with van der Waals surface area (Å²) in [6, 6.07) is 6.64. The molecule has 2 saturated heterocycles. The molecule has 2 aliphatic heterocycles. The maximum atomic E-state index is 13.2. The summed E-state index contributed by atoms with van der Waals surface area (Å²) < 4.78 is 13.1. The lowest BCUT2D eigenvalue weighted by Crippen LogP contribution is -2.53. The van der Waals surface area contributed by atoms with Gasteiger partial charge >= 0.3 is 0 Å². The van der Waals surface area contributed by atoms with Crippen molar-refractivity contribution in [2.75, 3.05) is 33.2 Å². The molecule has 3 rings (SSSR count). The van der Waals surface area contributed by atoms with E-state index in [0.29, 0.717) is 11.8 Å². The van der Waals surface area contributed by atoms with E-state index in [0.717, 1.165) is 64.0 Å². The van der Waals surface area contributed by atoms with Gasteiger partial charge in [-0.3, -0.25) is 9.69 Å². The van der Waals surface area contributed by atoms with Crippen LogP contribution in [0, 0.1) is 11.7 Å². The average molecular weight is 347 g/mol. The zero-order chi connectivity index (χ0) is 17.6. The third-order valence-electron chi connectivity index (χ3n) is 5.52. The summed E-state index contributed by atoms with van der Waals surface area (Å²) in [6.07, 6.45) is 5.49. The molecule has 138 valence electrons. The molecule has 0 aliphatic carbocycles. The molecule has 0 bridgehead atoms. The van der Waals surface area contributed by atoms with Crippen LogP contribution in [0.5, 0.6) is 0 Å². The molecule has 2 heterocycles. The second kappa shape index (κ2) is 8.77. The monoisotopic (exact) mass is 347 g/mol. The summed E-state index contributed by atoms with van der Waals surface area (Å²) in [5, 5.41) is 3.24. The summed E-state index contributed by atoms with van der Waals surface area (Å²) in [5.74, 6) is 0.651. The molecule has 2 atom stereocenters. The van der Waals surface area contributed by atoms with Crippen molar-refractivity contribution in [3.63, 3.8) is 0 Å². The Morgan fingerprint density at radius 3 is 2.72 bits per heavy atom. The van der Waals surface area contributed by atoms with Gasteiger partial charge in [0.25, 0.3) is 0 Å². The molecule has 4 nitrogen and oxygen atoms in total. The summed E-state index contributed by atoms with van der Waals surface area (Å²) in [6.45, 7) is 4.42. The summed E-state index contributed by atoms with van der Waals surface area (Å²) in [5.41, 5.74) is 1.08. The molecule has 2 aliphatic rings. The minimum Gasteiger partial charge on any atom is -0.341 e. The average Bonchev–Trinajstić information content (AvgIpc) is 2.64. The molecule has 25 heavy (non-hydrogen) atoms. The number of hydrogen-bond donors (Lipinski definition) is 1. The minimum absolute atomic E-state index is 0.0212. The Kier molecular flexibility index (Phi) is 6.43. The predicted molar refractivity (Wildman–Crippen MR) is 97.7 cm³/mol. The fourth-order valence-electron chi connectivity index (χ4n) is 4.22. The first kappa shape index (κ1) is 18.3. The van der Waals surface area contributed by atoms with Crippen LogP contribution >= 0.6 is 0 Å². The zero-order valence-corrected chi connectivity index (χ0v) is 15.2. The Bertz CT molecular complexity index is 561. The third-order valence-corrected chi connectivity index (χ3v) is 5.52. The van der Waals surface area contributed by atoms with Crippen molar-refractivity contribution in [2.45, 2.75) is 44.7 Å². The van der Waals surface area contributed by atoms with Gasteiger partial charge in [0.2, 0.25) is 5.91 Å². The number of amides is 1. The SMILES string of the molecule is CNCC1CCCN(C(=O)C2CCCCN2Cc2ccc(F)cc2)C1. The van der Waals surface area contributed by atoms with Gasteiger partial charge in [-0.2, -0.15) is 0 Å². The smallest absolute Gasteiger partial charge is 0.239 e. The molecule has 0 radical (unpaired) electrons. The number of carbonyl (C=O) groups is 1. The third kappa shape index (κ3) is 4.79.